The Morgan fingerprint density at radius 3 is 2.88 bits per heavy atom. The van der Waals surface area contributed by atoms with Gasteiger partial charge in [-0.2, -0.15) is 0 Å². The van der Waals surface area contributed by atoms with E-state index in [4.69, 9.17) is 4.74 Å². The summed E-state index contributed by atoms with van der Waals surface area (Å²) in [5.74, 6) is -0.803. The molecule has 0 radical (unpaired) electrons. The summed E-state index contributed by atoms with van der Waals surface area (Å²) in [4.78, 5) is 11.8. The van der Waals surface area contributed by atoms with E-state index in [1.165, 1.54) is 7.11 Å². The minimum Gasteiger partial charge on any atom is -0.469 e. The van der Waals surface area contributed by atoms with Crippen LogP contribution >= 0.6 is 0 Å². The Kier molecular flexibility index (Phi) is 3.20. The second-order valence-electron chi connectivity index (χ2n) is 4.57. The Labute approximate surface area is 101 Å². The van der Waals surface area contributed by atoms with Gasteiger partial charge in [0.25, 0.3) is 0 Å². The molecule has 1 aliphatic rings. The highest BCUT2D eigenvalue weighted by molar-refractivity contribution is 5.74. The van der Waals surface area contributed by atoms with Crippen molar-refractivity contribution in [2.24, 2.45) is 5.92 Å². The number of hydrogen-bond donors (Lipinski definition) is 1. The van der Waals surface area contributed by atoms with Crippen LogP contribution in [0.25, 0.3) is 0 Å². The molecular formula is C14H18O3. The van der Waals surface area contributed by atoms with Crippen LogP contribution in [0.2, 0.25) is 0 Å². The fourth-order valence-electron chi connectivity index (χ4n) is 2.82. The minimum atomic E-state index is -1.06. The number of esters is 1. The molecule has 0 saturated carbocycles. The molecule has 0 aliphatic heterocycles. The van der Waals surface area contributed by atoms with Gasteiger partial charge in [-0.3, -0.25) is 4.79 Å². The molecule has 17 heavy (non-hydrogen) atoms. The smallest absolute Gasteiger partial charge is 0.311 e. The molecule has 2 atom stereocenters. The van der Waals surface area contributed by atoms with Crippen molar-refractivity contribution >= 4 is 5.97 Å². The maximum atomic E-state index is 11.8. The molecule has 1 aromatic carbocycles. The average molecular weight is 234 g/mol. The zero-order valence-corrected chi connectivity index (χ0v) is 10.3. The summed E-state index contributed by atoms with van der Waals surface area (Å²) in [6, 6.07) is 7.79. The van der Waals surface area contributed by atoms with Crippen LogP contribution in [0.15, 0.2) is 24.3 Å². The highest BCUT2D eigenvalue weighted by Crippen LogP contribution is 2.43. The molecule has 1 aromatic rings. The first kappa shape index (κ1) is 12.1. The van der Waals surface area contributed by atoms with Crippen LogP contribution in [0.5, 0.6) is 0 Å². The molecule has 2 rings (SSSR count). The van der Waals surface area contributed by atoms with E-state index < -0.39 is 11.5 Å². The monoisotopic (exact) mass is 234 g/mol. The van der Waals surface area contributed by atoms with Gasteiger partial charge in [0, 0.05) is 0 Å². The Hall–Kier alpha value is -1.35. The molecule has 1 N–H and O–H groups in total. The molecule has 0 saturated heterocycles. The first-order valence-electron chi connectivity index (χ1n) is 6.02. The standard InChI is InChI=1S/C14H18O3/c1-3-11(13(15)17-2)14(16)9-8-10-6-4-5-7-12(10)14/h4-7,11,16H,3,8-9H2,1-2H3. The third-order valence-electron chi connectivity index (χ3n) is 3.73. The van der Waals surface area contributed by atoms with Gasteiger partial charge in [0.1, 0.15) is 5.60 Å². The lowest BCUT2D eigenvalue weighted by Crippen LogP contribution is -2.38. The van der Waals surface area contributed by atoms with E-state index in [-0.39, 0.29) is 5.97 Å². The van der Waals surface area contributed by atoms with Crippen molar-refractivity contribution < 1.29 is 14.6 Å². The zero-order valence-electron chi connectivity index (χ0n) is 10.3. The number of methoxy groups -OCH3 is 1. The van der Waals surface area contributed by atoms with Gasteiger partial charge in [0.2, 0.25) is 0 Å². The fraction of sp³-hybridized carbons (Fsp3) is 0.500. The summed E-state index contributed by atoms with van der Waals surface area (Å²) in [6.45, 7) is 1.90. The number of hydrogen-bond acceptors (Lipinski definition) is 3. The van der Waals surface area contributed by atoms with E-state index >= 15 is 0 Å². The number of benzene rings is 1. The van der Waals surface area contributed by atoms with E-state index in [1.807, 2.05) is 31.2 Å². The Bertz CT molecular complexity index is 427. The molecule has 0 bridgehead atoms. The number of fused-ring (bicyclic) bond motifs is 1. The highest BCUT2D eigenvalue weighted by Gasteiger charge is 2.46. The van der Waals surface area contributed by atoms with E-state index in [0.717, 1.165) is 17.5 Å². The van der Waals surface area contributed by atoms with Gasteiger partial charge < -0.3 is 9.84 Å². The van der Waals surface area contributed by atoms with Crippen molar-refractivity contribution in [2.75, 3.05) is 7.11 Å². The lowest BCUT2D eigenvalue weighted by Gasteiger charge is -2.31. The molecular weight excluding hydrogens is 216 g/mol. The minimum absolute atomic E-state index is 0.327. The quantitative estimate of drug-likeness (QED) is 0.814. The number of aliphatic hydroxyl groups is 1. The number of carbonyl (C=O) groups excluding carboxylic acids is 1. The van der Waals surface area contributed by atoms with E-state index in [0.29, 0.717) is 12.8 Å². The first-order chi connectivity index (χ1) is 8.13. The van der Waals surface area contributed by atoms with Gasteiger partial charge in [0.15, 0.2) is 0 Å². The van der Waals surface area contributed by atoms with Crippen LogP contribution in [-0.4, -0.2) is 18.2 Å². The van der Waals surface area contributed by atoms with Crippen molar-refractivity contribution in [3.63, 3.8) is 0 Å². The van der Waals surface area contributed by atoms with Crippen molar-refractivity contribution in [3.8, 4) is 0 Å². The number of rotatable bonds is 3. The number of ether oxygens (including phenoxy) is 1. The van der Waals surface area contributed by atoms with Crippen LogP contribution in [0.1, 0.15) is 30.9 Å². The lowest BCUT2D eigenvalue weighted by atomic mass is 9.81. The SMILES string of the molecule is CCC(C(=O)OC)C1(O)CCc2ccccc21. The average Bonchev–Trinajstić information content (AvgIpc) is 2.69. The van der Waals surface area contributed by atoms with E-state index in [1.54, 1.807) is 0 Å². The van der Waals surface area contributed by atoms with Gasteiger partial charge in [-0.25, -0.2) is 0 Å². The Balaban J connectivity index is 2.41. The van der Waals surface area contributed by atoms with Crippen LogP contribution in [0.4, 0.5) is 0 Å². The second-order valence-corrected chi connectivity index (χ2v) is 4.57. The van der Waals surface area contributed by atoms with Crippen LogP contribution < -0.4 is 0 Å². The molecule has 0 heterocycles. The van der Waals surface area contributed by atoms with Gasteiger partial charge in [-0.1, -0.05) is 31.2 Å². The highest BCUT2D eigenvalue weighted by atomic mass is 16.5. The molecule has 1 aliphatic carbocycles. The third-order valence-corrected chi connectivity index (χ3v) is 3.73. The molecule has 92 valence electrons. The summed E-state index contributed by atoms with van der Waals surface area (Å²) >= 11 is 0. The van der Waals surface area contributed by atoms with E-state index in [9.17, 15) is 9.90 Å². The summed E-state index contributed by atoms with van der Waals surface area (Å²) in [5, 5.41) is 10.8. The first-order valence-corrected chi connectivity index (χ1v) is 6.02. The maximum Gasteiger partial charge on any atom is 0.311 e. The maximum absolute atomic E-state index is 11.8. The molecule has 0 aromatic heterocycles. The summed E-state index contributed by atoms with van der Waals surface area (Å²) < 4.78 is 4.80. The van der Waals surface area contributed by atoms with Crippen molar-refractivity contribution in [2.45, 2.75) is 31.8 Å². The van der Waals surface area contributed by atoms with Crippen molar-refractivity contribution in [1.82, 2.24) is 0 Å². The number of carbonyl (C=O) groups is 1. The molecule has 0 spiro atoms. The van der Waals surface area contributed by atoms with Crippen molar-refractivity contribution in [3.05, 3.63) is 35.4 Å². The van der Waals surface area contributed by atoms with Gasteiger partial charge in [0.05, 0.1) is 13.0 Å². The zero-order chi connectivity index (χ0) is 12.5. The third kappa shape index (κ3) is 1.84. The molecule has 2 unspecified atom stereocenters. The summed E-state index contributed by atoms with van der Waals surface area (Å²) in [7, 11) is 1.37. The predicted molar refractivity (Wildman–Crippen MR) is 64.5 cm³/mol. The lowest BCUT2D eigenvalue weighted by molar-refractivity contribution is -0.157. The summed E-state index contributed by atoms with van der Waals surface area (Å²) in [5.41, 5.74) is 0.966. The second kappa shape index (κ2) is 4.49. The molecule has 3 nitrogen and oxygen atoms in total. The Morgan fingerprint density at radius 2 is 2.24 bits per heavy atom. The van der Waals surface area contributed by atoms with Gasteiger partial charge in [-0.05, 0) is 30.4 Å². The van der Waals surface area contributed by atoms with E-state index in [2.05, 4.69) is 0 Å². The van der Waals surface area contributed by atoms with Crippen LogP contribution in [-0.2, 0) is 21.6 Å². The fourth-order valence-corrected chi connectivity index (χ4v) is 2.82. The van der Waals surface area contributed by atoms with Crippen molar-refractivity contribution in [1.29, 1.82) is 0 Å². The molecule has 0 fully saturated rings. The Morgan fingerprint density at radius 1 is 1.53 bits per heavy atom. The van der Waals surface area contributed by atoms with Crippen LogP contribution in [0.3, 0.4) is 0 Å². The normalized spacial score (nSPS) is 24.2. The molecule has 0 amide bonds. The molecule has 3 heteroatoms. The van der Waals surface area contributed by atoms with Gasteiger partial charge >= 0.3 is 5.97 Å². The van der Waals surface area contributed by atoms with Crippen LogP contribution in [0, 0.1) is 5.92 Å². The van der Waals surface area contributed by atoms with Gasteiger partial charge in [-0.15, -0.1) is 0 Å². The topological polar surface area (TPSA) is 46.5 Å². The predicted octanol–water partition coefficient (Wildman–Crippen LogP) is 2.02. The largest absolute Gasteiger partial charge is 0.469 e. The number of aryl methyl sites for hydroxylation is 1. The summed E-state index contributed by atoms with van der Waals surface area (Å²) in [6.07, 6.45) is 2.00.